The smallest absolute Gasteiger partial charge is 0.309 e. The Hall–Kier alpha value is -1.78. The van der Waals surface area contributed by atoms with Crippen molar-refractivity contribution < 1.29 is 19.1 Å². The monoisotopic (exact) mass is 251 g/mol. The number of carbonyl (C=O) groups is 2. The van der Waals surface area contributed by atoms with Crippen molar-refractivity contribution in [2.45, 2.75) is 32.7 Å². The van der Waals surface area contributed by atoms with E-state index in [1.54, 1.807) is 11.0 Å². The van der Waals surface area contributed by atoms with E-state index in [9.17, 15) is 14.7 Å². The van der Waals surface area contributed by atoms with Crippen molar-refractivity contribution in [1.29, 1.82) is 0 Å². The average Bonchev–Trinajstić information content (AvgIpc) is 2.85. The number of carbonyl (C=O) groups excluding carboxylic acids is 1. The summed E-state index contributed by atoms with van der Waals surface area (Å²) in [6.45, 7) is 4.39. The van der Waals surface area contributed by atoms with Crippen LogP contribution in [0.4, 0.5) is 0 Å². The van der Waals surface area contributed by atoms with Crippen LogP contribution in [0, 0.1) is 12.8 Å². The molecular weight excluding hydrogens is 234 g/mol. The summed E-state index contributed by atoms with van der Waals surface area (Å²) >= 11 is 0. The third-order valence-electron chi connectivity index (χ3n) is 3.38. The number of carboxylic acids is 1. The Morgan fingerprint density at radius 2 is 2.33 bits per heavy atom. The summed E-state index contributed by atoms with van der Waals surface area (Å²) < 4.78 is 5.40. The molecule has 1 aliphatic rings. The predicted molar refractivity (Wildman–Crippen MR) is 63.9 cm³/mol. The Bertz CT molecular complexity index is 465. The van der Waals surface area contributed by atoms with Gasteiger partial charge < -0.3 is 14.4 Å². The third-order valence-corrected chi connectivity index (χ3v) is 3.38. The molecule has 1 aliphatic heterocycles. The highest BCUT2D eigenvalue weighted by Gasteiger charge is 2.46. The first-order valence-corrected chi connectivity index (χ1v) is 6.12. The molecule has 0 radical (unpaired) electrons. The van der Waals surface area contributed by atoms with E-state index in [4.69, 9.17) is 4.42 Å². The zero-order chi connectivity index (χ0) is 13.3. The average molecular weight is 251 g/mol. The standard InChI is InChI=1S/C13H17NO4/c1-3-5-14-10(15)7-9(13(16)17)11(14)12-8(2)4-6-18-12/h4,6,9,11H,3,5,7H2,1-2H3,(H,16,17). The summed E-state index contributed by atoms with van der Waals surface area (Å²) in [4.78, 5) is 24.8. The Labute approximate surface area is 105 Å². The Balaban J connectivity index is 2.39. The van der Waals surface area contributed by atoms with E-state index in [-0.39, 0.29) is 12.3 Å². The molecule has 2 unspecified atom stereocenters. The quantitative estimate of drug-likeness (QED) is 0.888. The maximum absolute atomic E-state index is 11.9. The molecule has 1 aromatic rings. The highest BCUT2D eigenvalue weighted by Crippen LogP contribution is 2.39. The first-order valence-electron chi connectivity index (χ1n) is 6.12. The van der Waals surface area contributed by atoms with Crippen molar-refractivity contribution in [3.63, 3.8) is 0 Å². The van der Waals surface area contributed by atoms with Gasteiger partial charge in [-0.3, -0.25) is 9.59 Å². The lowest BCUT2D eigenvalue weighted by Gasteiger charge is -2.25. The van der Waals surface area contributed by atoms with Crippen LogP contribution in [0.2, 0.25) is 0 Å². The molecule has 1 aromatic heterocycles. The van der Waals surface area contributed by atoms with Gasteiger partial charge in [0.25, 0.3) is 0 Å². The minimum Gasteiger partial charge on any atom is -0.481 e. The van der Waals surface area contributed by atoms with E-state index in [0.29, 0.717) is 12.3 Å². The van der Waals surface area contributed by atoms with Crippen molar-refractivity contribution >= 4 is 11.9 Å². The van der Waals surface area contributed by atoms with Crippen LogP contribution in [-0.2, 0) is 9.59 Å². The Morgan fingerprint density at radius 1 is 1.61 bits per heavy atom. The molecule has 2 rings (SSSR count). The van der Waals surface area contributed by atoms with Crippen LogP contribution in [0.1, 0.15) is 37.1 Å². The van der Waals surface area contributed by atoms with Crippen molar-refractivity contribution in [3.05, 3.63) is 23.7 Å². The van der Waals surface area contributed by atoms with Gasteiger partial charge in [0.15, 0.2) is 0 Å². The van der Waals surface area contributed by atoms with E-state index in [1.165, 1.54) is 6.26 Å². The molecule has 0 spiro atoms. The van der Waals surface area contributed by atoms with Crippen molar-refractivity contribution in [2.75, 3.05) is 6.54 Å². The molecule has 5 heteroatoms. The van der Waals surface area contributed by atoms with E-state index in [2.05, 4.69) is 0 Å². The number of amides is 1. The highest BCUT2D eigenvalue weighted by molar-refractivity contribution is 5.87. The minimum absolute atomic E-state index is 0.0557. The SMILES string of the molecule is CCCN1C(=O)CC(C(=O)O)C1c1occc1C. The largest absolute Gasteiger partial charge is 0.481 e. The Morgan fingerprint density at radius 3 is 2.83 bits per heavy atom. The van der Waals surface area contributed by atoms with Gasteiger partial charge in [-0.1, -0.05) is 6.92 Å². The topological polar surface area (TPSA) is 70.8 Å². The lowest BCUT2D eigenvalue weighted by molar-refractivity contribution is -0.142. The van der Waals surface area contributed by atoms with Crippen LogP contribution in [0.25, 0.3) is 0 Å². The molecule has 1 saturated heterocycles. The normalized spacial score (nSPS) is 23.7. The van der Waals surface area contributed by atoms with Gasteiger partial charge in [0, 0.05) is 13.0 Å². The van der Waals surface area contributed by atoms with Gasteiger partial charge in [-0.2, -0.15) is 0 Å². The van der Waals surface area contributed by atoms with Crippen LogP contribution in [-0.4, -0.2) is 28.4 Å². The summed E-state index contributed by atoms with van der Waals surface area (Å²) in [5, 5.41) is 9.26. The molecule has 18 heavy (non-hydrogen) atoms. The number of likely N-dealkylation sites (tertiary alicyclic amines) is 1. The second-order valence-electron chi connectivity index (χ2n) is 4.65. The number of furan rings is 1. The zero-order valence-corrected chi connectivity index (χ0v) is 10.5. The molecule has 0 aromatic carbocycles. The zero-order valence-electron chi connectivity index (χ0n) is 10.5. The summed E-state index contributed by atoms with van der Waals surface area (Å²) in [5.74, 6) is -1.16. The number of nitrogens with zero attached hydrogens (tertiary/aromatic N) is 1. The number of rotatable bonds is 4. The molecule has 1 N–H and O–H groups in total. The molecular formula is C13H17NO4. The summed E-state index contributed by atoms with van der Waals surface area (Å²) in [5.41, 5.74) is 0.891. The summed E-state index contributed by atoms with van der Waals surface area (Å²) in [7, 11) is 0. The van der Waals surface area contributed by atoms with E-state index in [0.717, 1.165) is 12.0 Å². The van der Waals surface area contributed by atoms with Crippen LogP contribution < -0.4 is 0 Å². The Kier molecular flexibility index (Phi) is 3.41. The van der Waals surface area contributed by atoms with Crippen LogP contribution in [0.5, 0.6) is 0 Å². The van der Waals surface area contributed by atoms with Gasteiger partial charge in [0.2, 0.25) is 5.91 Å². The third kappa shape index (κ3) is 2.00. The fourth-order valence-corrected chi connectivity index (χ4v) is 2.53. The highest BCUT2D eigenvalue weighted by atomic mass is 16.4. The van der Waals surface area contributed by atoms with Gasteiger partial charge in [-0.25, -0.2) is 0 Å². The van der Waals surface area contributed by atoms with Crippen molar-refractivity contribution in [2.24, 2.45) is 5.92 Å². The second-order valence-corrected chi connectivity index (χ2v) is 4.65. The predicted octanol–water partition coefficient (Wildman–Crippen LogP) is 1.97. The fourth-order valence-electron chi connectivity index (χ4n) is 2.53. The maximum Gasteiger partial charge on any atom is 0.309 e. The van der Waals surface area contributed by atoms with Gasteiger partial charge in [-0.05, 0) is 25.0 Å². The van der Waals surface area contributed by atoms with Gasteiger partial charge >= 0.3 is 5.97 Å². The summed E-state index contributed by atoms with van der Waals surface area (Å²) in [6.07, 6.45) is 2.39. The van der Waals surface area contributed by atoms with Gasteiger partial charge in [0.05, 0.1) is 12.2 Å². The number of hydrogen-bond donors (Lipinski definition) is 1. The summed E-state index contributed by atoms with van der Waals surface area (Å²) in [6, 6.07) is 1.33. The lowest BCUT2D eigenvalue weighted by atomic mass is 9.96. The molecule has 1 amide bonds. The second kappa shape index (κ2) is 4.84. The van der Waals surface area contributed by atoms with Crippen LogP contribution >= 0.6 is 0 Å². The number of aryl methyl sites for hydroxylation is 1. The maximum atomic E-state index is 11.9. The van der Waals surface area contributed by atoms with E-state index >= 15 is 0 Å². The minimum atomic E-state index is -0.942. The first-order chi connectivity index (χ1) is 8.56. The first kappa shape index (κ1) is 12.7. The van der Waals surface area contributed by atoms with E-state index < -0.39 is 17.9 Å². The lowest BCUT2D eigenvalue weighted by Crippen LogP contribution is -2.31. The molecule has 1 fully saturated rings. The number of aliphatic carboxylic acids is 1. The number of carboxylic acid groups (broad SMARTS) is 1. The molecule has 5 nitrogen and oxygen atoms in total. The molecule has 0 saturated carbocycles. The molecule has 0 aliphatic carbocycles. The van der Waals surface area contributed by atoms with Crippen molar-refractivity contribution in [3.8, 4) is 0 Å². The van der Waals surface area contributed by atoms with Crippen LogP contribution in [0.15, 0.2) is 16.7 Å². The van der Waals surface area contributed by atoms with Gasteiger partial charge in [0.1, 0.15) is 11.8 Å². The number of hydrogen-bond acceptors (Lipinski definition) is 3. The molecule has 2 atom stereocenters. The molecule has 98 valence electrons. The van der Waals surface area contributed by atoms with Crippen molar-refractivity contribution in [1.82, 2.24) is 4.90 Å². The van der Waals surface area contributed by atoms with Gasteiger partial charge in [-0.15, -0.1) is 0 Å². The van der Waals surface area contributed by atoms with Crippen LogP contribution in [0.3, 0.4) is 0 Å². The molecule has 0 bridgehead atoms. The van der Waals surface area contributed by atoms with E-state index in [1.807, 2.05) is 13.8 Å². The fraction of sp³-hybridized carbons (Fsp3) is 0.538. The molecule has 2 heterocycles.